The smallest absolute Gasteiger partial charge is 0.353 e. The first-order valence-electron chi connectivity index (χ1n) is 7.07. The van der Waals surface area contributed by atoms with Gasteiger partial charge in [-0.1, -0.05) is 30.4 Å². The Hall–Kier alpha value is -2.75. The number of nitrogens with zero attached hydrogens (tertiary/aromatic N) is 1. The molecule has 4 heteroatoms. The molecule has 1 N–H and O–H groups in total. The number of hydrogen-bond acceptors (Lipinski definition) is 2. The van der Waals surface area contributed by atoms with Crippen molar-refractivity contribution in [3.63, 3.8) is 0 Å². The van der Waals surface area contributed by atoms with E-state index in [0.29, 0.717) is 5.69 Å². The van der Waals surface area contributed by atoms with Crippen LogP contribution >= 0.6 is 0 Å². The highest BCUT2D eigenvalue weighted by Crippen LogP contribution is 2.23. The highest BCUT2D eigenvalue weighted by Gasteiger charge is 2.20. The molecule has 0 unspecified atom stereocenters. The number of rotatable bonds is 3. The molecular weight excluding hydrogens is 278 g/mol. The lowest BCUT2D eigenvalue weighted by molar-refractivity contribution is 0.0687. The number of aromatic nitrogens is 1. The van der Waals surface area contributed by atoms with Gasteiger partial charge in [0, 0.05) is 23.2 Å². The van der Waals surface area contributed by atoms with Gasteiger partial charge in [-0.05, 0) is 30.2 Å². The van der Waals surface area contributed by atoms with Crippen molar-refractivity contribution in [1.29, 1.82) is 0 Å². The number of allylic oxidation sites excluding steroid dienone is 2. The van der Waals surface area contributed by atoms with Gasteiger partial charge in [0.15, 0.2) is 0 Å². The number of carboxylic acids is 1. The second kappa shape index (κ2) is 5.56. The predicted octanol–water partition coefficient (Wildman–Crippen LogP) is 1.92. The summed E-state index contributed by atoms with van der Waals surface area (Å²) in [6.45, 7) is 0. The van der Waals surface area contributed by atoms with Gasteiger partial charge in [0.05, 0.1) is 7.11 Å². The first kappa shape index (κ1) is 14.2. The maximum atomic E-state index is 11.8. The average Bonchev–Trinajstić information content (AvgIpc) is 2.68. The quantitative estimate of drug-likeness (QED) is 0.941. The van der Waals surface area contributed by atoms with Gasteiger partial charge < -0.3 is 14.4 Å². The highest BCUT2D eigenvalue weighted by atomic mass is 16.5. The maximum absolute atomic E-state index is 11.8. The van der Waals surface area contributed by atoms with Crippen LogP contribution in [-0.4, -0.2) is 22.8 Å². The molecule has 1 heterocycles. The zero-order valence-corrected chi connectivity index (χ0v) is 12.5. The molecule has 1 aliphatic rings. The minimum Gasteiger partial charge on any atom is -0.497 e. The van der Waals surface area contributed by atoms with E-state index in [2.05, 4.69) is 12.2 Å². The number of ether oxygens (including phenoxy) is 1. The van der Waals surface area contributed by atoms with Crippen LogP contribution in [0.5, 0.6) is 5.75 Å². The summed E-state index contributed by atoms with van der Waals surface area (Å²) in [5, 5.41) is 11.5. The third-order valence-corrected chi connectivity index (χ3v) is 3.91. The Balaban J connectivity index is 2.36. The Kier molecular flexibility index (Phi) is 3.59. The molecule has 1 aromatic carbocycles. The SMILES string of the molecule is COc1ccc(-c2c(C(=O)O)n(C)c3c2=CCC=CC=3)cc1. The number of aromatic carboxylic acids is 1. The highest BCUT2D eigenvalue weighted by molar-refractivity contribution is 5.95. The summed E-state index contributed by atoms with van der Waals surface area (Å²) in [5.41, 5.74) is 1.94. The summed E-state index contributed by atoms with van der Waals surface area (Å²) >= 11 is 0. The standard InChI is InChI=1S/C18H17NO3/c1-19-15-7-5-3-4-6-14(15)16(17(19)18(20)21)12-8-10-13(22-2)11-9-12/h3,5-11H,4H2,1-2H3,(H,20,21). The van der Waals surface area contributed by atoms with Crippen molar-refractivity contribution >= 4 is 18.1 Å². The third-order valence-electron chi connectivity index (χ3n) is 3.91. The largest absolute Gasteiger partial charge is 0.497 e. The van der Waals surface area contributed by atoms with Gasteiger partial charge >= 0.3 is 5.97 Å². The van der Waals surface area contributed by atoms with E-state index in [1.807, 2.05) is 36.4 Å². The molecule has 0 saturated heterocycles. The van der Waals surface area contributed by atoms with E-state index in [4.69, 9.17) is 4.74 Å². The molecule has 2 aromatic rings. The molecule has 0 fully saturated rings. The minimum atomic E-state index is -0.924. The van der Waals surface area contributed by atoms with Gasteiger partial charge in [0.1, 0.15) is 11.4 Å². The predicted molar refractivity (Wildman–Crippen MR) is 86.3 cm³/mol. The summed E-state index contributed by atoms with van der Waals surface area (Å²) in [7, 11) is 3.40. The van der Waals surface area contributed by atoms with Crippen LogP contribution in [0.3, 0.4) is 0 Å². The molecule has 0 radical (unpaired) electrons. The Bertz CT molecular complexity index is 871. The fourth-order valence-electron chi connectivity index (χ4n) is 2.86. The summed E-state index contributed by atoms with van der Waals surface area (Å²) in [4.78, 5) is 11.8. The first-order chi connectivity index (χ1) is 10.6. The lowest BCUT2D eigenvalue weighted by atomic mass is 10.0. The lowest BCUT2D eigenvalue weighted by Gasteiger charge is -2.05. The molecule has 3 rings (SSSR count). The monoisotopic (exact) mass is 295 g/mol. The van der Waals surface area contributed by atoms with Crippen molar-refractivity contribution in [2.75, 3.05) is 7.11 Å². The summed E-state index contributed by atoms with van der Waals surface area (Å²) in [6, 6.07) is 7.48. The van der Waals surface area contributed by atoms with E-state index in [0.717, 1.165) is 33.9 Å². The molecule has 1 aliphatic carbocycles. The van der Waals surface area contributed by atoms with E-state index in [1.165, 1.54) is 0 Å². The summed E-state index contributed by atoms with van der Waals surface area (Å²) in [6.07, 6.45) is 8.83. The topological polar surface area (TPSA) is 51.5 Å². The molecule has 1 aromatic heterocycles. The second-order valence-electron chi connectivity index (χ2n) is 5.15. The first-order valence-corrected chi connectivity index (χ1v) is 7.07. The van der Waals surface area contributed by atoms with E-state index < -0.39 is 5.97 Å². The number of benzene rings is 1. The van der Waals surface area contributed by atoms with Crippen LogP contribution in [0.15, 0.2) is 36.4 Å². The molecule has 0 saturated carbocycles. The van der Waals surface area contributed by atoms with Crippen molar-refractivity contribution in [1.82, 2.24) is 4.57 Å². The van der Waals surface area contributed by atoms with Crippen molar-refractivity contribution in [2.24, 2.45) is 7.05 Å². The fraction of sp³-hybridized carbons (Fsp3) is 0.167. The van der Waals surface area contributed by atoms with Crippen molar-refractivity contribution in [3.8, 4) is 16.9 Å². The Morgan fingerprint density at radius 1 is 1.27 bits per heavy atom. The number of methoxy groups -OCH3 is 1. The molecule has 0 spiro atoms. The van der Waals surface area contributed by atoms with Crippen LogP contribution < -0.4 is 15.3 Å². The second-order valence-corrected chi connectivity index (χ2v) is 5.15. The Labute approximate surface area is 128 Å². The Morgan fingerprint density at radius 3 is 2.64 bits per heavy atom. The van der Waals surface area contributed by atoms with Gasteiger partial charge in [-0.15, -0.1) is 0 Å². The van der Waals surface area contributed by atoms with E-state index in [1.54, 1.807) is 18.7 Å². The third kappa shape index (κ3) is 2.22. The molecular formula is C18H17NO3. The maximum Gasteiger partial charge on any atom is 0.353 e. The van der Waals surface area contributed by atoms with Crippen LogP contribution in [0.2, 0.25) is 0 Å². The van der Waals surface area contributed by atoms with Gasteiger partial charge in [-0.2, -0.15) is 0 Å². The van der Waals surface area contributed by atoms with Gasteiger partial charge in [-0.25, -0.2) is 4.79 Å². The normalized spacial score (nSPS) is 12.8. The van der Waals surface area contributed by atoms with Crippen LogP contribution in [0.4, 0.5) is 0 Å². The molecule has 0 bridgehead atoms. The average molecular weight is 295 g/mol. The van der Waals surface area contributed by atoms with Crippen LogP contribution in [0.1, 0.15) is 16.9 Å². The molecule has 0 amide bonds. The summed E-state index contributed by atoms with van der Waals surface area (Å²) in [5.74, 6) is -0.174. The zero-order chi connectivity index (χ0) is 15.7. The van der Waals surface area contributed by atoms with Crippen LogP contribution in [0.25, 0.3) is 23.3 Å². The van der Waals surface area contributed by atoms with Gasteiger partial charge in [0.25, 0.3) is 0 Å². The van der Waals surface area contributed by atoms with Gasteiger partial charge in [0.2, 0.25) is 0 Å². The Morgan fingerprint density at radius 2 is 2.00 bits per heavy atom. The fourth-order valence-corrected chi connectivity index (χ4v) is 2.86. The number of hydrogen-bond donors (Lipinski definition) is 1. The van der Waals surface area contributed by atoms with E-state index in [-0.39, 0.29) is 0 Å². The summed E-state index contributed by atoms with van der Waals surface area (Å²) < 4.78 is 6.91. The van der Waals surface area contributed by atoms with Crippen LogP contribution in [0, 0.1) is 0 Å². The van der Waals surface area contributed by atoms with Crippen molar-refractivity contribution in [2.45, 2.75) is 6.42 Å². The minimum absolute atomic E-state index is 0.304. The van der Waals surface area contributed by atoms with Crippen molar-refractivity contribution < 1.29 is 14.6 Å². The number of carbonyl (C=O) groups is 1. The number of carboxylic acid groups (broad SMARTS) is 1. The van der Waals surface area contributed by atoms with E-state index >= 15 is 0 Å². The van der Waals surface area contributed by atoms with Crippen LogP contribution in [-0.2, 0) is 7.05 Å². The molecule has 22 heavy (non-hydrogen) atoms. The van der Waals surface area contributed by atoms with Crippen molar-refractivity contribution in [3.05, 3.63) is 52.7 Å². The molecule has 4 nitrogen and oxygen atoms in total. The lowest BCUT2D eigenvalue weighted by Crippen LogP contribution is -2.28. The zero-order valence-electron chi connectivity index (χ0n) is 12.5. The molecule has 112 valence electrons. The van der Waals surface area contributed by atoms with Gasteiger partial charge in [-0.3, -0.25) is 0 Å². The van der Waals surface area contributed by atoms with E-state index in [9.17, 15) is 9.90 Å². The number of fused-ring (bicyclic) bond motifs is 1. The molecule has 0 aliphatic heterocycles. The molecule has 0 atom stereocenters.